The van der Waals surface area contributed by atoms with Crippen molar-refractivity contribution in [1.29, 1.82) is 0 Å². The summed E-state index contributed by atoms with van der Waals surface area (Å²) < 4.78 is 37.5. The first kappa shape index (κ1) is 21.0. The van der Waals surface area contributed by atoms with Crippen molar-refractivity contribution in [2.45, 2.75) is 70.8 Å². The molecule has 4 rings (SSSR count). The van der Waals surface area contributed by atoms with Crippen molar-refractivity contribution in [3.8, 4) is 5.88 Å². The molecule has 2 N–H and O–H groups in total. The molecule has 3 heterocycles. The van der Waals surface area contributed by atoms with Gasteiger partial charge in [0, 0.05) is 12.5 Å². The molecule has 1 aliphatic heterocycles. The molecule has 2 aromatic rings. The van der Waals surface area contributed by atoms with Gasteiger partial charge in [-0.3, -0.25) is 4.68 Å². The van der Waals surface area contributed by atoms with E-state index in [1.54, 1.807) is 6.20 Å². The quantitative estimate of drug-likeness (QED) is 0.713. The summed E-state index contributed by atoms with van der Waals surface area (Å²) in [4.78, 5) is 8.74. The number of alkyl halides is 2. The van der Waals surface area contributed by atoms with Crippen LogP contribution in [0.15, 0.2) is 6.20 Å². The third kappa shape index (κ3) is 4.59. The van der Waals surface area contributed by atoms with Crippen molar-refractivity contribution in [2.75, 3.05) is 17.2 Å². The molecule has 0 unspecified atom stereocenters. The van der Waals surface area contributed by atoms with Gasteiger partial charge in [0.15, 0.2) is 5.82 Å². The number of nitrogens with one attached hydrogen (secondary N) is 2. The molecule has 2 aromatic heterocycles. The Kier molecular flexibility index (Phi) is 6.24. The van der Waals surface area contributed by atoms with Crippen LogP contribution < -0.4 is 15.4 Å². The van der Waals surface area contributed by atoms with Gasteiger partial charge in [-0.2, -0.15) is 13.8 Å². The van der Waals surface area contributed by atoms with E-state index in [2.05, 4.69) is 30.4 Å². The molecule has 1 aliphatic carbocycles. The van der Waals surface area contributed by atoms with Crippen molar-refractivity contribution in [2.24, 2.45) is 0 Å². The number of fused-ring (bicyclic) bond motifs is 3. The Morgan fingerprint density at radius 1 is 1.27 bits per heavy atom. The van der Waals surface area contributed by atoms with Crippen LogP contribution in [0.4, 0.5) is 26.2 Å². The van der Waals surface area contributed by atoms with Gasteiger partial charge in [-0.05, 0) is 39.5 Å². The molecule has 1 atom stereocenters. The highest BCUT2D eigenvalue weighted by molar-refractivity contribution is 6.32. The fourth-order valence-corrected chi connectivity index (χ4v) is 4.09. The van der Waals surface area contributed by atoms with Crippen LogP contribution in [0, 0.1) is 6.92 Å². The first-order valence-electron chi connectivity index (χ1n) is 10.1. The molecule has 1 saturated carbocycles. The van der Waals surface area contributed by atoms with Gasteiger partial charge < -0.3 is 20.1 Å². The first-order chi connectivity index (χ1) is 14.4. The van der Waals surface area contributed by atoms with Crippen molar-refractivity contribution in [3.05, 3.63) is 16.9 Å². The van der Waals surface area contributed by atoms with Gasteiger partial charge in [0.05, 0.1) is 30.6 Å². The molecule has 30 heavy (non-hydrogen) atoms. The standard InChI is InChI=1S/C19H25ClF2N6O2/c1-10-7-8-29-17-15(25-19-23-9-14(20)16(24-10)26-19)11(2)28(27-17)12-3-5-13(6-4-12)30-18(21)22/h9-10,12-13,18H,3-8H2,1-2H3,(H2,23,24,25,26)/t10-,12?,13?/m1/s1. The van der Waals surface area contributed by atoms with E-state index in [0.717, 1.165) is 12.1 Å². The highest BCUT2D eigenvalue weighted by Gasteiger charge is 2.29. The highest BCUT2D eigenvalue weighted by Crippen LogP contribution is 2.37. The Morgan fingerprint density at radius 3 is 2.77 bits per heavy atom. The first-order valence-corrected chi connectivity index (χ1v) is 10.5. The lowest BCUT2D eigenvalue weighted by molar-refractivity contribution is -0.171. The predicted molar refractivity (Wildman–Crippen MR) is 109 cm³/mol. The number of halogens is 3. The topological polar surface area (TPSA) is 86.1 Å². The van der Waals surface area contributed by atoms with Crippen molar-refractivity contribution < 1.29 is 18.3 Å². The van der Waals surface area contributed by atoms with E-state index < -0.39 is 12.7 Å². The van der Waals surface area contributed by atoms with E-state index in [1.807, 2.05) is 18.5 Å². The maximum atomic E-state index is 12.5. The maximum absolute atomic E-state index is 12.5. The van der Waals surface area contributed by atoms with E-state index in [0.29, 0.717) is 60.6 Å². The smallest absolute Gasteiger partial charge is 0.345 e. The van der Waals surface area contributed by atoms with Crippen LogP contribution in [-0.4, -0.2) is 45.1 Å². The van der Waals surface area contributed by atoms with E-state index in [-0.39, 0.29) is 12.1 Å². The minimum absolute atomic E-state index is 0.0932. The summed E-state index contributed by atoms with van der Waals surface area (Å²) in [6.07, 6.45) is 4.44. The molecular formula is C19H25ClF2N6O2. The summed E-state index contributed by atoms with van der Waals surface area (Å²) in [5.74, 6) is 1.43. The normalized spacial score (nSPS) is 24.3. The number of hydrogen-bond acceptors (Lipinski definition) is 7. The SMILES string of the molecule is Cc1c2c(nn1C1CCC(OC(F)F)CC1)OCC[C@@H](C)Nc1nc(ncc1Cl)N2. The Balaban J connectivity index is 1.59. The molecule has 0 saturated heterocycles. The van der Waals surface area contributed by atoms with Gasteiger partial charge in [-0.15, -0.1) is 5.10 Å². The van der Waals surface area contributed by atoms with Gasteiger partial charge in [0.2, 0.25) is 5.95 Å². The van der Waals surface area contributed by atoms with Crippen LogP contribution in [0.3, 0.4) is 0 Å². The van der Waals surface area contributed by atoms with Crippen LogP contribution in [0.1, 0.15) is 50.8 Å². The molecule has 8 nitrogen and oxygen atoms in total. The second-order valence-electron chi connectivity index (χ2n) is 7.74. The van der Waals surface area contributed by atoms with Crippen molar-refractivity contribution >= 4 is 29.1 Å². The molecule has 11 heteroatoms. The van der Waals surface area contributed by atoms with E-state index in [4.69, 9.17) is 16.3 Å². The summed E-state index contributed by atoms with van der Waals surface area (Å²) in [6.45, 7) is 1.71. The van der Waals surface area contributed by atoms with Gasteiger partial charge in [0.25, 0.3) is 5.88 Å². The van der Waals surface area contributed by atoms with Gasteiger partial charge in [-0.25, -0.2) is 4.98 Å². The molecule has 1 fully saturated rings. The molecule has 2 aliphatic rings. The number of hydrogen-bond donors (Lipinski definition) is 2. The second kappa shape index (κ2) is 8.89. The third-order valence-electron chi connectivity index (χ3n) is 5.56. The number of nitrogens with zero attached hydrogens (tertiary/aromatic N) is 4. The monoisotopic (exact) mass is 442 g/mol. The summed E-state index contributed by atoms with van der Waals surface area (Å²) >= 11 is 6.22. The zero-order valence-corrected chi connectivity index (χ0v) is 17.6. The highest BCUT2D eigenvalue weighted by atomic mass is 35.5. The Hall–Kier alpha value is -2.20. The van der Waals surface area contributed by atoms with Crippen molar-refractivity contribution in [3.63, 3.8) is 0 Å². The van der Waals surface area contributed by atoms with Crippen LogP contribution in [0.25, 0.3) is 0 Å². The lowest BCUT2D eigenvalue weighted by Crippen LogP contribution is -2.26. The number of aromatic nitrogens is 4. The largest absolute Gasteiger partial charge is 0.475 e. The van der Waals surface area contributed by atoms with Crippen LogP contribution in [-0.2, 0) is 4.74 Å². The summed E-state index contributed by atoms with van der Waals surface area (Å²) in [5, 5.41) is 11.6. The lowest BCUT2D eigenvalue weighted by atomic mass is 9.93. The molecule has 0 spiro atoms. The fourth-order valence-electron chi connectivity index (χ4n) is 3.94. The Labute approximate surface area is 178 Å². The van der Waals surface area contributed by atoms with Gasteiger partial charge >= 0.3 is 6.61 Å². The summed E-state index contributed by atoms with van der Waals surface area (Å²) in [5.41, 5.74) is 1.58. The number of rotatable bonds is 3. The van der Waals surface area contributed by atoms with E-state index in [9.17, 15) is 8.78 Å². The van der Waals surface area contributed by atoms with Gasteiger partial charge in [0.1, 0.15) is 10.7 Å². The third-order valence-corrected chi connectivity index (χ3v) is 5.83. The molecular weight excluding hydrogens is 418 g/mol. The second-order valence-corrected chi connectivity index (χ2v) is 8.14. The zero-order chi connectivity index (χ0) is 21.3. The van der Waals surface area contributed by atoms with Crippen LogP contribution >= 0.6 is 11.6 Å². The Morgan fingerprint density at radius 2 is 2.03 bits per heavy atom. The van der Waals surface area contributed by atoms with Gasteiger partial charge in [-0.1, -0.05) is 11.6 Å². The molecule has 2 bridgehead atoms. The number of anilines is 3. The minimum Gasteiger partial charge on any atom is -0.475 e. The van der Waals surface area contributed by atoms with E-state index in [1.165, 1.54) is 0 Å². The maximum Gasteiger partial charge on any atom is 0.345 e. The van der Waals surface area contributed by atoms with Crippen LogP contribution in [0.5, 0.6) is 5.88 Å². The number of ether oxygens (including phenoxy) is 2. The minimum atomic E-state index is -2.73. The predicted octanol–water partition coefficient (Wildman–Crippen LogP) is 4.68. The molecule has 0 radical (unpaired) electrons. The van der Waals surface area contributed by atoms with Crippen LogP contribution in [0.2, 0.25) is 5.02 Å². The molecule has 0 amide bonds. The average molecular weight is 443 g/mol. The summed E-state index contributed by atoms with van der Waals surface area (Å²) in [6, 6.07) is 0.190. The van der Waals surface area contributed by atoms with Crippen molar-refractivity contribution in [1.82, 2.24) is 19.7 Å². The fraction of sp³-hybridized carbons (Fsp3) is 0.632. The molecule has 0 aromatic carbocycles. The lowest BCUT2D eigenvalue weighted by Gasteiger charge is -2.29. The summed E-state index contributed by atoms with van der Waals surface area (Å²) in [7, 11) is 0. The zero-order valence-electron chi connectivity index (χ0n) is 16.9. The Bertz CT molecular complexity index is 888. The molecule has 164 valence electrons. The van der Waals surface area contributed by atoms with E-state index >= 15 is 0 Å². The average Bonchev–Trinajstić information content (AvgIpc) is 2.99.